The van der Waals surface area contributed by atoms with Gasteiger partial charge in [-0.1, -0.05) is 0 Å². The van der Waals surface area contributed by atoms with Crippen LogP contribution in [-0.4, -0.2) is 5.11 Å². The highest BCUT2D eigenvalue weighted by Gasteiger charge is 2.06. The lowest BCUT2D eigenvalue weighted by Gasteiger charge is -2.06. The number of nitrogens with zero attached hydrogens (tertiary/aromatic N) is 1. The van der Waals surface area contributed by atoms with Gasteiger partial charge in [0.25, 0.3) is 0 Å². The van der Waals surface area contributed by atoms with E-state index in [1.54, 1.807) is 0 Å². The molecule has 0 aliphatic rings. The van der Waals surface area contributed by atoms with Gasteiger partial charge < -0.3 is 16.6 Å². The average Bonchev–Trinajstić information content (AvgIpc) is 2.06. The third kappa shape index (κ3) is 1.25. The Morgan fingerprint density at radius 2 is 2.08 bits per heavy atom. The molecule has 1 rings (SSSR count). The predicted octanol–water partition coefficient (Wildman–Crippen LogP) is 0.623. The van der Waals surface area contributed by atoms with Crippen molar-refractivity contribution in [2.45, 2.75) is 6.42 Å². The van der Waals surface area contributed by atoms with Crippen LogP contribution in [0.3, 0.4) is 0 Å². The number of rotatable bonds is 1. The lowest BCUT2D eigenvalue weighted by molar-refractivity contribution is 0.477. The summed E-state index contributed by atoms with van der Waals surface area (Å²) < 4.78 is 0. The number of aromatic hydroxyl groups is 1. The molecule has 0 fully saturated rings. The van der Waals surface area contributed by atoms with Crippen LogP contribution < -0.4 is 11.5 Å². The number of phenols is 1. The van der Waals surface area contributed by atoms with Crippen molar-refractivity contribution in [1.29, 1.82) is 5.26 Å². The highest BCUT2D eigenvalue weighted by atomic mass is 16.3. The Balaban J connectivity index is 3.25. The summed E-state index contributed by atoms with van der Waals surface area (Å²) in [7, 11) is 0. The number of phenolic OH excluding ortho intramolecular Hbond substituents is 1. The Labute approximate surface area is 70.0 Å². The van der Waals surface area contributed by atoms with Crippen LogP contribution in [0.5, 0.6) is 5.75 Å². The molecule has 4 heteroatoms. The molecule has 5 N–H and O–H groups in total. The van der Waals surface area contributed by atoms with Crippen molar-refractivity contribution in [3.05, 3.63) is 17.7 Å². The lowest BCUT2D eigenvalue weighted by atomic mass is 10.1. The molecule has 4 nitrogen and oxygen atoms in total. The van der Waals surface area contributed by atoms with Crippen molar-refractivity contribution in [3.63, 3.8) is 0 Å². The van der Waals surface area contributed by atoms with Gasteiger partial charge in [0.2, 0.25) is 0 Å². The van der Waals surface area contributed by atoms with E-state index in [1.807, 2.05) is 6.07 Å². The summed E-state index contributed by atoms with van der Waals surface area (Å²) in [6.45, 7) is 0. The number of benzene rings is 1. The van der Waals surface area contributed by atoms with Crippen molar-refractivity contribution in [2.24, 2.45) is 0 Å². The molecule has 0 unspecified atom stereocenters. The Morgan fingerprint density at radius 1 is 1.42 bits per heavy atom. The SMILES string of the molecule is N#CCc1c(N)ccc(O)c1N. The van der Waals surface area contributed by atoms with Gasteiger partial charge in [0.05, 0.1) is 18.2 Å². The van der Waals surface area contributed by atoms with Gasteiger partial charge in [-0.2, -0.15) is 5.26 Å². The molecule has 0 atom stereocenters. The molecule has 0 radical (unpaired) electrons. The van der Waals surface area contributed by atoms with Gasteiger partial charge in [-0.3, -0.25) is 0 Å². The summed E-state index contributed by atoms with van der Waals surface area (Å²) in [4.78, 5) is 0. The molecule has 1 aromatic rings. The van der Waals surface area contributed by atoms with Crippen LogP contribution in [0.4, 0.5) is 11.4 Å². The second-order valence-electron chi connectivity index (χ2n) is 2.40. The zero-order valence-corrected chi connectivity index (χ0v) is 6.41. The zero-order valence-electron chi connectivity index (χ0n) is 6.41. The first kappa shape index (κ1) is 8.21. The molecule has 0 amide bonds. The fraction of sp³-hybridized carbons (Fsp3) is 0.125. The molecule has 0 heterocycles. The lowest BCUT2D eigenvalue weighted by Crippen LogP contribution is -1.99. The number of nitriles is 1. The minimum absolute atomic E-state index is 0.0329. The first-order chi connectivity index (χ1) is 5.66. The predicted molar refractivity (Wildman–Crippen MR) is 46.2 cm³/mol. The van der Waals surface area contributed by atoms with Gasteiger partial charge in [0, 0.05) is 11.3 Å². The molecule has 1 aromatic carbocycles. The van der Waals surface area contributed by atoms with Crippen LogP contribution in [-0.2, 0) is 6.42 Å². The molecular weight excluding hydrogens is 154 g/mol. The maximum Gasteiger partial charge on any atom is 0.138 e. The molecule has 12 heavy (non-hydrogen) atoms. The number of anilines is 2. The first-order valence-electron chi connectivity index (χ1n) is 3.39. The zero-order chi connectivity index (χ0) is 9.14. The van der Waals surface area contributed by atoms with Gasteiger partial charge in [0.1, 0.15) is 5.75 Å². The Kier molecular flexibility index (Phi) is 2.06. The maximum absolute atomic E-state index is 9.16. The van der Waals surface area contributed by atoms with E-state index in [9.17, 15) is 0 Å². The Morgan fingerprint density at radius 3 is 2.67 bits per heavy atom. The van der Waals surface area contributed by atoms with Crippen molar-refractivity contribution in [1.82, 2.24) is 0 Å². The summed E-state index contributed by atoms with van der Waals surface area (Å²) in [6.07, 6.45) is 0.117. The smallest absolute Gasteiger partial charge is 0.138 e. The third-order valence-corrected chi connectivity index (χ3v) is 1.63. The number of nitrogen functional groups attached to an aromatic ring is 2. The van der Waals surface area contributed by atoms with Crippen molar-refractivity contribution in [3.8, 4) is 11.8 Å². The van der Waals surface area contributed by atoms with Crippen LogP contribution >= 0.6 is 0 Å². The molecule has 0 aliphatic carbocycles. The van der Waals surface area contributed by atoms with E-state index in [1.165, 1.54) is 12.1 Å². The van der Waals surface area contributed by atoms with Crippen LogP contribution in [0.25, 0.3) is 0 Å². The second-order valence-corrected chi connectivity index (χ2v) is 2.40. The molecule has 0 saturated heterocycles. The number of nitrogens with two attached hydrogens (primary N) is 2. The van der Waals surface area contributed by atoms with E-state index in [2.05, 4.69) is 0 Å². The Hall–Kier alpha value is -1.89. The van der Waals surface area contributed by atoms with Crippen molar-refractivity contribution >= 4 is 11.4 Å². The summed E-state index contributed by atoms with van der Waals surface area (Å²) in [5.74, 6) is -0.0329. The average molecular weight is 163 g/mol. The molecule has 0 spiro atoms. The molecule has 0 aromatic heterocycles. The van der Waals surface area contributed by atoms with Gasteiger partial charge in [0.15, 0.2) is 0 Å². The number of hydrogen-bond acceptors (Lipinski definition) is 4. The standard InChI is InChI=1S/C8H9N3O/c9-4-3-5-6(10)1-2-7(12)8(5)11/h1-2,12H,3,10-11H2. The minimum atomic E-state index is -0.0329. The van der Waals surface area contributed by atoms with E-state index in [4.69, 9.17) is 21.8 Å². The molecule has 0 saturated carbocycles. The fourth-order valence-electron chi connectivity index (χ4n) is 0.946. The molecule has 62 valence electrons. The Bertz CT molecular complexity index is 341. The summed E-state index contributed by atoms with van der Waals surface area (Å²) in [5, 5.41) is 17.6. The molecule has 0 aliphatic heterocycles. The normalized spacial score (nSPS) is 9.25. The first-order valence-corrected chi connectivity index (χ1v) is 3.39. The van der Waals surface area contributed by atoms with E-state index in [0.717, 1.165) is 0 Å². The van der Waals surface area contributed by atoms with E-state index >= 15 is 0 Å². The molecular formula is C8H9N3O. The van der Waals surface area contributed by atoms with Gasteiger partial charge >= 0.3 is 0 Å². The van der Waals surface area contributed by atoms with Crippen LogP contribution in [0.15, 0.2) is 12.1 Å². The quantitative estimate of drug-likeness (QED) is 0.321. The highest BCUT2D eigenvalue weighted by molar-refractivity contribution is 5.68. The van der Waals surface area contributed by atoms with Crippen molar-refractivity contribution < 1.29 is 5.11 Å². The van der Waals surface area contributed by atoms with E-state index in [0.29, 0.717) is 11.3 Å². The second kappa shape index (κ2) is 3.01. The number of hydrogen-bond donors (Lipinski definition) is 3. The van der Waals surface area contributed by atoms with Gasteiger partial charge in [-0.05, 0) is 12.1 Å². The monoisotopic (exact) mass is 163 g/mol. The summed E-state index contributed by atoms with van der Waals surface area (Å²) >= 11 is 0. The van der Waals surface area contributed by atoms with E-state index in [-0.39, 0.29) is 17.9 Å². The molecule has 0 bridgehead atoms. The topological polar surface area (TPSA) is 96.1 Å². The third-order valence-electron chi connectivity index (χ3n) is 1.63. The van der Waals surface area contributed by atoms with Gasteiger partial charge in [-0.25, -0.2) is 0 Å². The summed E-state index contributed by atoms with van der Waals surface area (Å²) in [5.41, 5.74) is 12.1. The van der Waals surface area contributed by atoms with Gasteiger partial charge in [-0.15, -0.1) is 0 Å². The van der Waals surface area contributed by atoms with Crippen LogP contribution in [0, 0.1) is 11.3 Å². The largest absolute Gasteiger partial charge is 0.506 e. The van der Waals surface area contributed by atoms with Crippen LogP contribution in [0.2, 0.25) is 0 Å². The van der Waals surface area contributed by atoms with E-state index < -0.39 is 0 Å². The highest BCUT2D eigenvalue weighted by Crippen LogP contribution is 2.28. The fourth-order valence-corrected chi connectivity index (χ4v) is 0.946. The van der Waals surface area contributed by atoms with Crippen LogP contribution in [0.1, 0.15) is 5.56 Å². The summed E-state index contributed by atoms with van der Waals surface area (Å²) in [6, 6.07) is 4.86. The van der Waals surface area contributed by atoms with Crippen molar-refractivity contribution in [2.75, 3.05) is 11.5 Å². The maximum atomic E-state index is 9.16. The minimum Gasteiger partial charge on any atom is -0.506 e.